The lowest BCUT2D eigenvalue weighted by Gasteiger charge is -2.26. The van der Waals surface area contributed by atoms with Crippen molar-refractivity contribution in [1.82, 2.24) is 4.31 Å². The zero-order valence-electron chi connectivity index (χ0n) is 16.9. The number of anilines is 1. The van der Waals surface area contributed by atoms with Crippen LogP contribution in [-0.4, -0.2) is 38.3 Å². The molecule has 0 aromatic heterocycles. The second-order valence-electron chi connectivity index (χ2n) is 7.31. The van der Waals surface area contributed by atoms with Gasteiger partial charge >= 0.3 is 0 Å². The smallest absolute Gasteiger partial charge is 0.262 e. The van der Waals surface area contributed by atoms with Crippen molar-refractivity contribution < 1.29 is 17.9 Å². The summed E-state index contributed by atoms with van der Waals surface area (Å²) in [6, 6.07) is 8.17. The molecule has 1 heterocycles. The van der Waals surface area contributed by atoms with Crippen molar-refractivity contribution in [2.24, 2.45) is 0 Å². The summed E-state index contributed by atoms with van der Waals surface area (Å²) in [4.78, 5) is 12.5. The standard InChI is InChI=1S/C21H24BrClN2O4S/c1-14-10-16(22)11-15(2)21(14)24-20(26)13-29-19-7-6-17(12-18(19)23)30(27,28)25-8-4-3-5-9-25/h6-7,10-12H,3-5,8-9,13H2,1-2H3,(H,24,26). The molecule has 0 aliphatic carbocycles. The predicted octanol–water partition coefficient (Wildman–Crippen LogP) is 4.91. The lowest BCUT2D eigenvalue weighted by atomic mass is 10.1. The number of sulfonamides is 1. The lowest BCUT2D eigenvalue weighted by molar-refractivity contribution is -0.118. The van der Waals surface area contributed by atoms with Crippen LogP contribution >= 0.6 is 27.5 Å². The molecule has 0 atom stereocenters. The van der Waals surface area contributed by atoms with Crippen LogP contribution in [0.5, 0.6) is 5.75 Å². The summed E-state index contributed by atoms with van der Waals surface area (Å²) in [5.41, 5.74) is 2.60. The normalized spacial score (nSPS) is 15.1. The quantitative estimate of drug-likeness (QED) is 0.593. The number of rotatable bonds is 6. The molecule has 162 valence electrons. The summed E-state index contributed by atoms with van der Waals surface area (Å²) in [5, 5.41) is 2.99. The molecular formula is C21H24BrClN2O4S. The second-order valence-corrected chi connectivity index (χ2v) is 10.6. The number of amides is 1. The number of benzene rings is 2. The minimum Gasteiger partial charge on any atom is -0.482 e. The van der Waals surface area contributed by atoms with E-state index in [1.54, 1.807) is 0 Å². The molecule has 1 aliphatic rings. The summed E-state index contributed by atoms with van der Waals surface area (Å²) in [6.45, 7) is 4.62. The van der Waals surface area contributed by atoms with E-state index in [0.717, 1.165) is 40.5 Å². The monoisotopic (exact) mass is 514 g/mol. The minimum absolute atomic E-state index is 0.132. The van der Waals surface area contributed by atoms with Gasteiger partial charge in [-0.1, -0.05) is 34.0 Å². The van der Waals surface area contributed by atoms with Crippen LogP contribution in [0.2, 0.25) is 5.02 Å². The predicted molar refractivity (Wildman–Crippen MR) is 122 cm³/mol. The third-order valence-corrected chi connectivity index (χ3v) is 7.62. The SMILES string of the molecule is Cc1cc(Br)cc(C)c1NC(=O)COc1ccc(S(=O)(=O)N2CCCCC2)cc1Cl. The van der Waals surface area contributed by atoms with Crippen LogP contribution in [-0.2, 0) is 14.8 Å². The first-order chi connectivity index (χ1) is 14.2. The highest BCUT2D eigenvalue weighted by Crippen LogP contribution is 2.30. The third kappa shape index (κ3) is 5.35. The first kappa shape index (κ1) is 23.1. The van der Waals surface area contributed by atoms with Crippen molar-refractivity contribution in [2.75, 3.05) is 25.0 Å². The van der Waals surface area contributed by atoms with Gasteiger partial charge in [-0.15, -0.1) is 0 Å². The van der Waals surface area contributed by atoms with E-state index < -0.39 is 10.0 Å². The highest BCUT2D eigenvalue weighted by atomic mass is 79.9. The average molecular weight is 516 g/mol. The average Bonchev–Trinajstić information content (AvgIpc) is 2.70. The number of hydrogen-bond acceptors (Lipinski definition) is 4. The van der Waals surface area contributed by atoms with Crippen molar-refractivity contribution in [2.45, 2.75) is 38.0 Å². The van der Waals surface area contributed by atoms with Crippen LogP contribution in [0.15, 0.2) is 39.7 Å². The van der Waals surface area contributed by atoms with Crippen molar-refractivity contribution >= 4 is 49.1 Å². The molecule has 30 heavy (non-hydrogen) atoms. The van der Waals surface area contributed by atoms with Gasteiger partial charge in [-0.05, 0) is 68.1 Å². The van der Waals surface area contributed by atoms with Gasteiger partial charge in [0.15, 0.2) is 6.61 Å². The van der Waals surface area contributed by atoms with Crippen LogP contribution in [0.25, 0.3) is 0 Å². The molecular weight excluding hydrogens is 492 g/mol. The molecule has 3 rings (SSSR count). The topological polar surface area (TPSA) is 75.7 Å². The van der Waals surface area contributed by atoms with Crippen LogP contribution in [0.4, 0.5) is 5.69 Å². The van der Waals surface area contributed by atoms with E-state index in [2.05, 4.69) is 21.2 Å². The zero-order valence-corrected chi connectivity index (χ0v) is 20.0. The summed E-state index contributed by atoms with van der Waals surface area (Å²) < 4.78 is 33.5. The van der Waals surface area contributed by atoms with Crippen molar-refractivity contribution in [1.29, 1.82) is 0 Å². The number of aryl methyl sites for hydroxylation is 2. The van der Waals surface area contributed by atoms with E-state index in [-0.39, 0.29) is 28.2 Å². The molecule has 2 aromatic carbocycles. The molecule has 0 radical (unpaired) electrons. The van der Waals surface area contributed by atoms with Crippen molar-refractivity contribution in [3.63, 3.8) is 0 Å². The number of nitrogens with one attached hydrogen (secondary N) is 1. The summed E-state index contributed by atoms with van der Waals surface area (Å²) in [7, 11) is -3.58. The van der Waals surface area contributed by atoms with E-state index in [1.165, 1.54) is 22.5 Å². The van der Waals surface area contributed by atoms with Crippen LogP contribution in [0, 0.1) is 13.8 Å². The maximum Gasteiger partial charge on any atom is 0.262 e. The van der Waals surface area contributed by atoms with Gasteiger partial charge in [0.1, 0.15) is 5.75 Å². The third-order valence-electron chi connectivity index (χ3n) is 4.98. The Hall–Kier alpha value is -1.61. The largest absolute Gasteiger partial charge is 0.482 e. The fourth-order valence-electron chi connectivity index (χ4n) is 3.44. The summed E-state index contributed by atoms with van der Waals surface area (Å²) in [6.07, 6.45) is 2.77. The summed E-state index contributed by atoms with van der Waals surface area (Å²) in [5.74, 6) is -0.0711. The van der Waals surface area contributed by atoms with Gasteiger partial charge < -0.3 is 10.1 Å². The Labute approximate surface area is 190 Å². The Morgan fingerprint density at radius 1 is 1.13 bits per heavy atom. The number of hydrogen-bond donors (Lipinski definition) is 1. The number of nitrogens with zero attached hydrogens (tertiary/aromatic N) is 1. The number of piperidine rings is 1. The summed E-state index contributed by atoms with van der Waals surface area (Å²) >= 11 is 9.67. The number of carbonyl (C=O) groups excluding carboxylic acids is 1. The Morgan fingerprint density at radius 2 is 1.77 bits per heavy atom. The molecule has 6 nitrogen and oxygen atoms in total. The van der Waals surface area contributed by atoms with Gasteiger partial charge in [-0.25, -0.2) is 8.42 Å². The number of ether oxygens (including phenoxy) is 1. The first-order valence-electron chi connectivity index (χ1n) is 9.67. The van der Waals surface area contributed by atoms with Gasteiger partial charge in [0.05, 0.1) is 9.92 Å². The minimum atomic E-state index is -3.58. The van der Waals surface area contributed by atoms with Crippen molar-refractivity contribution in [3.05, 3.63) is 51.0 Å². The Kier molecular flexibility index (Phi) is 7.44. The second kappa shape index (κ2) is 9.68. The van der Waals surface area contributed by atoms with E-state index in [0.29, 0.717) is 13.1 Å². The first-order valence-corrected chi connectivity index (χ1v) is 12.3. The molecule has 1 N–H and O–H groups in total. The molecule has 0 saturated carbocycles. The van der Waals surface area contributed by atoms with Gasteiger partial charge in [-0.3, -0.25) is 4.79 Å². The maximum atomic E-state index is 12.8. The fraction of sp³-hybridized carbons (Fsp3) is 0.381. The molecule has 9 heteroatoms. The van der Waals surface area contributed by atoms with Crippen molar-refractivity contribution in [3.8, 4) is 5.75 Å². The molecule has 0 spiro atoms. The fourth-order valence-corrected chi connectivity index (χ4v) is 5.97. The van der Waals surface area contributed by atoms with Gasteiger partial charge in [0, 0.05) is 23.2 Å². The zero-order chi connectivity index (χ0) is 21.9. The molecule has 1 saturated heterocycles. The lowest BCUT2D eigenvalue weighted by Crippen LogP contribution is -2.35. The Morgan fingerprint density at radius 3 is 2.37 bits per heavy atom. The molecule has 1 aliphatic heterocycles. The van der Waals surface area contributed by atoms with E-state index in [4.69, 9.17) is 16.3 Å². The van der Waals surface area contributed by atoms with E-state index in [9.17, 15) is 13.2 Å². The Bertz CT molecular complexity index is 1030. The molecule has 0 unspecified atom stereocenters. The van der Waals surface area contributed by atoms with Gasteiger partial charge in [-0.2, -0.15) is 4.31 Å². The number of halogens is 2. The highest BCUT2D eigenvalue weighted by Gasteiger charge is 2.26. The van der Waals surface area contributed by atoms with Crippen LogP contribution in [0.3, 0.4) is 0 Å². The van der Waals surface area contributed by atoms with E-state index >= 15 is 0 Å². The number of carbonyl (C=O) groups is 1. The highest BCUT2D eigenvalue weighted by molar-refractivity contribution is 9.10. The van der Waals surface area contributed by atoms with Crippen LogP contribution in [0.1, 0.15) is 30.4 Å². The van der Waals surface area contributed by atoms with Gasteiger partial charge in [0.25, 0.3) is 5.91 Å². The maximum absolute atomic E-state index is 12.8. The molecule has 1 fully saturated rings. The van der Waals surface area contributed by atoms with Gasteiger partial charge in [0.2, 0.25) is 10.0 Å². The molecule has 0 bridgehead atoms. The van der Waals surface area contributed by atoms with E-state index in [1.807, 2.05) is 26.0 Å². The molecule has 2 aromatic rings. The molecule has 1 amide bonds. The Balaban J connectivity index is 1.66. The van der Waals surface area contributed by atoms with Crippen LogP contribution < -0.4 is 10.1 Å².